The zero-order valence-electron chi connectivity index (χ0n) is 14.6. The smallest absolute Gasteiger partial charge is 0.337 e. The molecule has 1 amide bonds. The standard InChI is InChI=1S/C17H16Cl2N2O5S/c1-21(2)27(24,25)11-5-7-13(18)12(9-11)16(22)20-15-8-10(17(23)26-3)4-6-14(15)19/h4-9H,1-3H3,(H,20,22). The van der Waals surface area contributed by atoms with Gasteiger partial charge >= 0.3 is 5.97 Å². The largest absolute Gasteiger partial charge is 0.465 e. The van der Waals surface area contributed by atoms with E-state index < -0.39 is 21.9 Å². The molecule has 0 spiro atoms. The number of sulfonamides is 1. The molecule has 0 atom stereocenters. The van der Waals surface area contributed by atoms with Crippen molar-refractivity contribution in [2.24, 2.45) is 0 Å². The van der Waals surface area contributed by atoms with Crippen molar-refractivity contribution in [3.05, 3.63) is 57.6 Å². The first-order valence-electron chi connectivity index (χ1n) is 7.49. The predicted octanol–water partition coefficient (Wildman–Crippen LogP) is 3.28. The Morgan fingerprint density at radius 1 is 1.04 bits per heavy atom. The van der Waals surface area contributed by atoms with Gasteiger partial charge in [0.15, 0.2) is 0 Å². The fraction of sp³-hybridized carbons (Fsp3) is 0.176. The number of amides is 1. The third-order valence-electron chi connectivity index (χ3n) is 3.60. The molecule has 0 radical (unpaired) electrons. The minimum atomic E-state index is -3.74. The van der Waals surface area contributed by atoms with Gasteiger partial charge in [-0.25, -0.2) is 17.5 Å². The highest BCUT2D eigenvalue weighted by molar-refractivity contribution is 7.89. The highest BCUT2D eigenvalue weighted by Crippen LogP contribution is 2.27. The summed E-state index contributed by atoms with van der Waals surface area (Å²) in [5.74, 6) is -1.28. The fourth-order valence-corrected chi connectivity index (χ4v) is 3.40. The Balaban J connectivity index is 2.41. The van der Waals surface area contributed by atoms with E-state index in [0.29, 0.717) is 0 Å². The number of methoxy groups -OCH3 is 1. The average Bonchev–Trinajstić information content (AvgIpc) is 2.62. The summed E-state index contributed by atoms with van der Waals surface area (Å²) in [4.78, 5) is 24.2. The monoisotopic (exact) mass is 430 g/mol. The molecule has 0 saturated heterocycles. The van der Waals surface area contributed by atoms with Gasteiger partial charge in [0.2, 0.25) is 10.0 Å². The molecule has 0 aliphatic rings. The molecule has 2 rings (SSSR count). The number of carbonyl (C=O) groups is 2. The van der Waals surface area contributed by atoms with E-state index in [1.165, 1.54) is 57.6 Å². The van der Waals surface area contributed by atoms with E-state index in [1.54, 1.807) is 0 Å². The molecule has 0 unspecified atom stereocenters. The lowest BCUT2D eigenvalue weighted by atomic mass is 10.1. The Labute approximate surface area is 166 Å². The van der Waals surface area contributed by atoms with E-state index in [-0.39, 0.29) is 31.8 Å². The number of hydrogen-bond donors (Lipinski definition) is 1. The van der Waals surface area contributed by atoms with Crippen LogP contribution >= 0.6 is 23.2 Å². The molecule has 0 heterocycles. The lowest BCUT2D eigenvalue weighted by molar-refractivity contribution is 0.0600. The third kappa shape index (κ3) is 4.59. The first kappa shape index (κ1) is 21.2. The second kappa shape index (κ2) is 8.26. The highest BCUT2D eigenvalue weighted by atomic mass is 35.5. The summed E-state index contributed by atoms with van der Waals surface area (Å²) in [6.07, 6.45) is 0. The molecule has 0 bridgehead atoms. The van der Waals surface area contributed by atoms with Crippen LogP contribution in [-0.2, 0) is 14.8 Å². The van der Waals surface area contributed by atoms with Crippen LogP contribution in [0, 0.1) is 0 Å². The lowest BCUT2D eigenvalue weighted by Crippen LogP contribution is -2.23. The van der Waals surface area contributed by atoms with E-state index in [1.807, 2.05) is 0 Å². The van der Waals surface area contributed by atoms with E-state index in [2.05, 4.69) is 10.1 Å². The molecule has 10 heteroatoms. The molecular weight excluding hydrogens is 415 g/mol. The molecule has 0 aliphatic heterocycles. The summed E-state index contributed by atoms with van der Waals surface area (Å²) in [6, 6.07) is 8.02. The molecule has 144 valence electrons. The fourth-order valence-electron chi connectivity index (χ4n) is 2.11. The zero-order valence-corrected chi connectivity index (χ0v) is 16.9. The summed E-state index contributed by atoms with van der Waals surface area (Å²) in [5.41, 5.74) is 0.285. The first-order chi connectivity index (χ1) is 12.6. The normalized spacial score (nSPS) is 11.3. The number of carbonyl (C=O) groups excluding carboxylic acids is 2. The Bertz CT molecular complexity index is 1010. The van der Waals surface area contributed by atoms with Gasteiger partial charge in [-0.2, -0.15) is 0 Å². The molecule has 1 N–H and O–H groups in total. The van der Waals surface area contributed by atoms with Gasteiger partial charge < -0.3 is 10.1 Å². The second-order valence-corrected chi connectivity index (χ2v) is 8.54. The third-order valence-corrected chi connectivity index (χ3v) is 6.07. The van der Waals surface area contributed by atoms with Crippen molar-refractivity contribution in [1.82, 2.24) is 4.31 Å². The number of ether oxygens (including phenoxy) is 1. The van der Waals surface area contributed by atoms with Crippen LogP contribution in [0.5, 0.6) is 0 Å². The molecule has 7 nitrogen and oxygen atoms in total. The van der Waals surface area contributed by atoms with Crippen molar-refractivity contribution in [3.8, 4) is 0 Å². The van der Waals surface area contributed by atoms with Crippen LogP contribution in [0.2, 0.25) is 10.0 Å². The SMILES string of the molecule is COC(=O)c1ccc(Cl)c(NC(=O)c2cc(S(=O)(=O)N(C)C)ccc2Cl)c1. The van der Waals surface area contributed by atoms with Gasteiger partial charge in [0.25, 0.3) is 5.91 Å². The number of nitrogens with zero attached hydrogens (tertiary/aromatic N) is 1. The Kier molecular flexibility index (Phi) is 6.48. The Morgan fingerprint density at radius 3 is 2.26 bits per heavy atom. The van der Waals surface area contributed by atoms with Crippen LogP contribution in [0.25, 0.3) is 0 Å². The van der Waals surface area contributed by atoms with Gasteiger partial charge in [-0.3, -0.25) is 4.79 Å². The number of hydrogen-bond acceptors (Lipinski definition) is 5. The Morgan fingerprint density at radius 2 is 1.67 bits per heavy atom. The van der Waals surface area contributed by atoms with E-state index in [9.17, 15) is 18.0 Å². The van der Waals surface area contributed by atoms with Gasteiger partial charge in [0.05, 0.1) is 38.9 Å². The molecule has 2 aromatic carbocycles. The topological polar surface area (TPSA) is 92.8 Å². The molecule has 0 aromatic heterocycles. The summed E-state index contributed by atoms with van der Waals surface area (Å²) in [7, 11) is 0.237. The van der Waals surface area contributed by atoms with Gasteiger partial charge in [-0.05, 0) is 36.4 Å². The van der Waals surface area contributed by atoms with Gasteiger partial charge in [-0.15, -0.1) is 0 Å². The maximum atomic E-state index is 12.6. The number of rotatable bonds is 5. The second-order valence-electron chi connectivity index (χ2n) is 5.57. The molecule has 2 aromatic rings. The van der Waals surface area contributed by atoms with E-state index >= 15 is 0 Å². The van der Waals surface area contributed by atoms with E-state index in [4.69, 9.17) is 23.2 Å². The van der Waals surface area contributed by atoms with Gasteiger partial charge in [-0.1, -0.05) is 23.2 Å². The van der Waals surface area contributed by atoms with Gasteiger partial charge in [0.1, 0.15) is 0 Å². The lowest BCUT2D eigenvalue weighted by Gasteiger charge is -2.14. The van der Waals surface area contributed by atoms with Crippen molar-refractivity contribution >= 4 is 50.8 Å². The van der Waals surface area contributed by atoms with Crippen molar-refractivity contribution in [3.63, 3.8) is 0 Å². The van der Waals surface area contributed by atoms with Crippen LogP contribution in [0.15, 0.2) is 41.3 Å². The highest BCUT2D eigenvalue weighted by Gasteiger charge is 2.21. The van der Waals surface area contributed by atoms with Crippen LogP contribution in [0.4, 0.5) is 5.69 Å². The number of halogens is 2. The number of anilines is 1. The summed E-state index contributed by atoms with van der Waals surface area (Å²) >= 11 is 12.1. The van der Waals surface area contributed by atoms with Crippen molar-refractivity contribution in [2.45, 2.75) is 4.90 Å². The molecule has 0 aliphatic carbocycles. The van der Waals surface area contributed by atoms with Crippen molar-refractivity contribution in [1.29, 1.82) is 0 Å². The summed E-state index contributed by atoms with van der Waals surface area (Å²) in [5, 5.41) is 2.77. The van der Waals surface area contributed by atoms with Crippen molar-refractivity contribution in [2.75, 3.05) is 26.5 Å². The average molecular weight is 431 g/mol. The minimum absolute atomic E-state index is 0.0564. The van der Waals surface area contributed by atoms with Gasteiger partial charge in [0, 0.05) is 14.1 Å². The Hall–Kier alpha value is -2.13. The maximum absolute atomic E-state index is 12.6. The molecule has 0 fully saturated rings. The predicted molar refractivity (Wildman–Crippen MR) is 103 cm³/mol. The molecule has 27 heavy (non-hydrogen) atoms. The van der Waals surface area contributed by atoms with Crippen LogP contribution in [-0.4, -0.2) is 45.8 Å². The maximum Gasteiger partial charge on any atom is 0.337 e. The molecule has 0 saturated carbocycles. The quantitative estimate of drug-likeness (QED) is 0.734. The molecular formula is C17H16Cl2N2O5S. The zero-order chi connectivity index (χ0) is 20.4. The van der Waals surface area contributed by atoms with Crippen LogP contribution < -0.4 is 5.32 Å². The summed E-state index contributed by atoms with van der Waals surface area (Å²) in [6.45, 7) is 0. The van der Waals surface area contributed by atoms with E-state index in [0.717, 1.165) is 4.31 Å². The minimum Gasteiger partial charge on any atom is -0.465 e. The number of esters is 1. The first-order valence-corrected chi connectivity index (χ1v) is 9.69. The number of nitrogens with one attached hydrogen (secondary N) is 1. The van der Waals surface area contributed by atoms with Crippen LogP contribution in [0.1, 0.15) is 20.7 Å². The summed E-state index contributed by atoms with van der Waals surface area (Å²) < 4.78 is 30.2. The van der Waals surface area contributed by atoms with Crippen molar-refractivity contribution < 1.29 is 22.7 Å². The number of benzene rings is 2. The van der Waals surface area contributed by atoms with Crippen LogP contribution in [0.3, 0.4) is 0 Å².